The zero-order valence-electron chi connectivity index (χ0n) is 14.5. The van der Waals surface area contributed by atoms with Gasteiger partial charge in [0.15, 0.2) is 0 Å². The molecule has 1 amide bonds. The highest BCUT2D eigenvalue weighted by molar-refractivity contribution is 5.68. The first kappa shape index (κ1) is 17.4. The molecular weight excluding hydrogens is 294 g/mol. The van der Waals surface area contributed by atoms with E-state index in [2.05, 4.69) is 9.88 Å². The van der Waals surface area contributed by atoms with Gasteiger partial charge in [0.1, 0.15) is 11.4 Å². The first-order valence-electron chi connectivity index (χ1n) is 8.20. The maximum atomic E-state index is 12.2. The minimum atomic E-state index is -0.460. The van der Waals surface area contributed by atoms with E-state index >= 15 is 0 Å². The molecule has 0 atom stereocenters. The Morgan fingerprint density at radius 1 is 1.22 bits per heavy atom. The van der Waals surface area contributed by atoms with E-state index in [1.54, 1.807) is 11.1 Å². The quantitative estimate of drug-likeness (QED) is 0.857. The monoisotopic (exact) mass is 321 g/mol. The molecule has 1 fully saturated rings. The number of ether oxygens (including phenoxy) is 2. The van der Waals surface area contributed by atoms with Crippen molar-refractivity contribution in [1.82, 2.24) is 9.88 Å². The molecule has 0 aliphatic carbocycles. The van der Waals surface area contributed by atoms with Gasteiger partial charge in [-0.3, -0.25) is 4.98 Å². The summed E-state index contributed by atoms with van der Waals surface area (Å²) in [4.78, 5) is 20.5. The molecule has 0 aromatic carbocycles. The fourth-order valence-corrected chi connectivity index (χ4v) is 2.51. The number of aromatic nitrogens is 1. The SMILES string of the molecule is CCOc1cncc(N2CCCN(C(=O)OC(C)(C)C)CC2)c1. The van der Waals surface area contributed by atoms with Crippen LogP contribution in [0.3, 0.4) is 0 Å². The highest BCUT2D eigenvalue weighted by Gasteiger charge is 2.24. The predicted molar refractivity (Wildman–Crippen MR) is 90.0 cm³/mol. The van der Waals surface area contributed by atoms with Crippen LogP contribution in [0.2, 0.25) is 0 Å². The van der Waals surface area contributed by atoms with Crippen LogP contribution < -0.4 is 9.64 Å². The number of pyridine rings is 1. The van der Waals surface area contributed by atoms with E-state index in [-0.39, 0.29) is 6.09 Å². The van der Waals surface area contributed by atoms with Crippen molar-refractivity contribution in [1.29, 1.82) is 0 Å². The Morgan fingerprint density at radius 3 is 2.70 bits per heavy atom. The van der Waals surface area contributed by atoms with Crippen LogP contribution in [0.25, 0.3) is 0 Å². The van der Waals surface area contributed by atoms with Gasteiger partial charge in [-0.25, -0.2) is 4.79 Å². The molecule has 2 heterocycles. The van der Waals surface area contributed by atoms with Crippen molar-refractivity contribution in [2.75, 3.05) is 37.7 Å². The zero-order chi connectivity index (χ0) is 16.9. The summed E-state index contributed by atoms with van der Waals surface area (Å²) >= 11 is 0. The molecule has 0 saturated carbocycles. The Hall–Kier alpha value is -1.98. The maximum Gasteiger partial charge on any atom is 0.410 e. The highest BCUT2D eigenvalue weighted by atomic mass is 16.6. The molecule has 1 aliphatic heterocycles. The van der Waals surface area contributed by atoms with Crippen LogP contribution in [0, 0.1) is 0 Å². The summed E-state index contributed by atoms with van der Waals surface area (Å²) in [6, 6.07) is 2.00. The first-order chi connectivity index (χ1) is 10.9. The van der Waals surface area contributed by atoms with E-state index in [4.69, 9.17) is 9.47 Å². The lowest BCUT2D eigenvalue weighted by Gasteiger charge is -2.27. The standard InChI is InChI=1S/C17H27N3O3/c1-5-22-15-11-14(12-18-13-15)19-7-6-8-20(10-9-19)16(21)23-17(2,3)4/h11-13H,5-10H2,1-4H3. The van der Waals surface area contributed by atoms with E-state index in [1.165, 1.54) is 0 Å². The molecule has 23 heavy (non-hydrogen) atoms. The van der Waals surface area contributed by atoms with Gasteiger partial charge in [-0.15, -0.1) is 0 Å². The first-order valence-corrected chi connectivity index (χ1v) is 8.20. The Kier molecular flexibility index (Phi) is 5.69. The van der Waals surface area contributed by atoms with Crippen LogP contribution >= 0.6 is 0 Å². The average molecular weight is 321 g/mol. The van der Waals surface area contributed by atoms with Gasteiger partial charge in [0, 0.05) is 32.2 Å². The van der Waals surface area contributed by atoms with Crippen molar-refractivity contribution in [3.8, 4) is 5.75 Å². The molecule has 1 aliphatic rings. The smallest absolute Gasteiger partial charge is 0.410 e. The molecule has 6 heteroatoms. The van der Waals surface area contributed by atoms with E-state index in [1.807, 2.05) is 40.0 Å². The summed E-state index contributed by atoms with van der Waals surface area (Å²) in [5.41, 5.74) is 0.570. The molecule has 1 aromatic rings. The van der Waals surface area contributed by atoms with Gasteiger partial charge in [0.2, 0.25) is 0 Å². The molecule has 0 unspecified atom stereocenters. The fraction of sp³-hybridized carbons (Fsp3) is 0.647. The maximum absolute atomic E-state index is 12.2. The number of nitrogens with zero attached hydrogens (tertiary/aromatic N) is 3. The van der Waals surface area contributed by atoms with E-state index in [0.717, 1.165) is 30.9 Å². The van der Waals surface area contributed by atoms with Crippen LogP contribution in [0.4, 0.5) is 10.5 Å². The number of hydrogen-bond acceptors (Lipinski definition) is 5. The van der Waals surface area contributed by atoms with Crippen molar-refractivity contribution in [3.05, 3.63) is 18.5 Å². The number of hydrogen-bond donors (Lipinski definition) is 0. The largest absolute Gasteiger partial charge is 0.492 e. The topological polar surface area (TPSA) is 54.9 Å². The molecule has 0 bridgehead atoms. The van der Waals surface area contributed by atoms with Crippen LogP contribution in [0.15, 0.2) is 18.5 Å². The Balaban J connectivity index is 1.98. The molecule has 6 nitrogen and oxygen atoms in total. The average Bonchev–Trinajstić information content (AvgIpc) is 2.72. The minimum Gasteiger partial charge on any atom is -0.492 e. The second-order valence-corrected chi connectivity index (χ2v) is 6.62. The number of carbonyl (C=O) groups is 1. The lowest BCUT2D eigenvalue weighted by atomic mass is 10.2. The van der Waals surface area contributed by atoms with Crippen LogP contribution in [-0.4, -0.2) is 54.4 Å². The molecule has 2 rings (SSSR count). The van der Waals surface area contributed by atoms with Crippen molar-refractivity contribution in [3.63, 3.8) is 0 Å². The Labute approximate surface area is 138 Å². The van der Waals surface area contributed by atoms with E-state index in [9.17, 15) is 4.79 Å². The zero-order valence-corrected chi connectivity index (χ0v) is 14.5. The number of amides is 1. The molecule has 128 valence electrons. The summed E-state index contributed by atoms with van der Waals surface area (Å²) in [7, 11) is 0. The molecule has 0 radical (unpaired) electrons. The Morgan fingerprint density at radius 2 is 2.00 bits per heavy atom. The van der Waals surface area contributed by atoms with Crippen LogP contribution in [0.5, 0.6) is 5.75 Å². The molecule has 1 saturated heterocycles. The predicted octanol–water partition coefficient (Wildman–Crippen LogP) is 2.93. The third-order valence-electron chi connectivity index (χ3n) is 3.52. The molecule has 0 spiro atoms. The van der Waals surface area contributed by atoms with Crippen molar-refractivity contribution >= 4 is 11.8 Å². The third kappa shape index (κ3) is 5.30. The van der Waals surface area contributed by atoms with Crippen LogP contribution in [0.1, 0.15) is 34.1 Å². The van der Waals surface area contributed by atoms with Crippen molar-refractivity contribution < 1.29 is 14.3 Å². The minimum absolute atomic E-state index is 0.236. The van der Waals surface area contributed by atoms with Gasteiger partial charge in [-0.05, 0) is 34.1 Å². The van der Waals surface area contributed by atoms with Crippen molar-refractivity contribution in [2.24, 2.45) is 0 Å². The number of rotatable bonds is 3. The number of carbonyl (C=O) groups excluding carboxylic acids is 1. The van der Waals surface area contributed by atoms with E-state index in [0.29, 0.717) is 19.7 Å². The second-order valence-electron chi connectivity index (χ2n) is 6.62. The molecule has 0 N–H and O–H groups in total. The van der Waals surface area contributed by atoms with Gasteiger partial charge in [0.25, 0.3) is 0 Å². The number of anilines is 1. The van der Waals surface area contributed by atoms with Gasteiger partial charge < -0.3 is 19.3 Å². The lowest BCUT2D eigenvalue weighted by Crippen LogP contribution is -2.39. The summed E-state index contributed by atoms with van der Waals surface area (Å²) in [5.74, 6) is 0.776. The summed E-state index contributed by atoms with van der Waals surface area (Å²) < 4.78 is 11.0. The van der Waals surface area contributed by atoms with Crippen molar-refractivity contribution in [2.45, 2.75) is 39.7 Å². The second kappa shape index (κ2) is 7.53. The van der Waals surface area contributed by atoms with Gasteiger partial charge >= 0.3 is 6.09 Å². The normalized spacial score (nSPS) is 16.0. The fourth-order valence-electron chi connectivity index (χ4n) is 2.51. The summed E-state index contributed by atoms with van der Waals surface area (Å²) in [5, 5.41) is 0. The van der Waals surface area contributed by atoms with E-state index < -0.39 is 5.60 Å². The lowest BCUT2D eigenvalue weighted by molar-refractivity contribution is 0.0263. The molecular formula is C17H27N3O3. The summed E-state index contributed by atoms with van der Waals surface area (Å²) in [6.45, 7) is 11.2. The molecule has 1 aromatic heterocycles. The Bertz CT molecular complexity index is 528. The van der Waals surface area contributed by atoms with Crippen LogP contribution in [-0.2, 0) is 4.74 Å². The van der Waals surface area contributed by atoms with Gasteiger partial charge in [-0.1, -0.05) is 0 Å². The third-order valence-corrected chi connectivity index (χ3v) is 3.52. The van der Waals surface area contributed by atoms with Gasteiger partial charge in [0.05, 0.1) is 24.7 Å². The highest BCUT2D eigenvalue weighted by Crippen LogP contribution is 2.21. The van der Waals surface area contributed by atoms with Gasteiger partial charge in [-0.2, -0.15) is 0 Å². The summed E-state index contributed by atoms with van der Waals surface area (Å²) in [6.07, 6.45) is 4.22.